The molecule has 0 unspecified atom stereocenters. The molecule has 0 saturated heterocycles. The molecule has 0 aromatic heterocycles. The van der Waals surface area contributed by atoms with Crippen molar-refractivity contribution in [2.75, 3.05) is 0 Å². The van der Waals surface area contributed by atoms with Crippen LogP contribution in [0.3, 0.4) is 0 Å². The quantitative estimate of drug-likeness (QED) is 0.384. The Labute approximate surface area is 120 Å². The lowest BCUT2D eigenvalue weighted by Gasteiger charge is -2.34. The normalized spacial score (nSPS) is 19.9. The van der Waals surface area contributed by atoms with Crippen molar-refractivity contribution < 1.29 is 9.94 Å². The first-order valence-electron chi connectivity index (χ1n) is 7.16. The van der Waals surface area contributed by atoms with Gasteiger partial charge in [-0.1, -0.05) is 25.1 Å². The predicted molar refractivity (Wildman–Crippen MR) is 80.4 cm³/mol. The predicted octanol–water partition coefficient (Wildman–Crippen LogP) is 3.44. The lowest BCUT2D eigenvalue weighted by atomic mass is 9.76. The Morgan fingerprint density at radius 1 is 1.35 bits per heavy atom. The Hall–Kier alpha value is -1.71. The van der Waals surface area contributed by atoms with E-state index in [9.17, 15) is 0 Å². The van der Waals surface area contributed by atoms with E-state index in [-0.39, 0.29) is 11.9 Å². The van der Waals surface area contributed by atoms with Crippen LogP contribution < -0.4 is 10.5 Å². The second-order valence-electron chi connectivity index (χ2n) is 6.47. The van der Waals surface area contributed by atoms with Crippen molar-refractivity contribution in [3.8, 4) is 5.75 Å². The van der Waals surface area contributed by atoms with E-state index < -0.39 is 0 Å². The van der Waals surface area contributed by atoms with Gasteiger partial charge in [-0.15, -0.1) is 0 Å². The maximum absolute atomic E-state index is 8.86. The van der Waals surface area contributed by atoms with Gasteiger partial charge in [0.2, 0.25) is 0 Å². The van der Waals surface area contributed by atoms with Crippen LogP contribution >= 0.6 is 0 Å². The summed E-state index contributed by atoms with van der Waals surface area (Å²) < 4.78 is 6.11. The summed E-state index contributed by atoms with van der Waals surface area (Å²) in [6, 6.07) is 5.73. The van der Waals surface area contributed by atoms with Crippen LogP contribution in [0.1, 0.15) is 50.7 Å². The Balaban J connectivity index is 2.15. The third-order valence-corrected chi connectivity index (χ3v) is 4.10. The topological polar surface area (TPSA) is 67.8 Å². The van der Waals surface area contributed by atoms with E-state index in [1.54, 1.807) is 0 Å². The number of hydrogen-bond acceptors (Lipinski definition) is 3. The minimum Gasteiger partial charge on any atom is -0.490 e. The van der Waals surface area contributed by atoms with Crippen LogP contribution in [0, 0.1) is 12.3 Å². The zero-order chi connectivity index (χ0) is 14.8. The van der Waals surface area contributed by atoms with Crippen LogP contribution in [0.5, 0.6) is 5.75 Å². The fourth-order valence-electron chi connectivity index (χ4n) is 2.66. The summed E-state index contributed by atoms with van der Waals surface area (Å²) in [6.45, 7) is 6.61. The molecular formula is C16H24N2O2. The molecule has 1 aliphatic carbocycles. The smallest absolute Gasteiger partial charge is 0.173 e. The standard InChI is InChI=1S/C16H24N2O2/c1-11-4-5-13(15(17)18-19)14(10-11)20-12-6-8-16(2,3)9-7-12/h4-5,10,12,19H,6-9H2,1-3H3,(H2,17,18). The fourth-order valence-corrected chi connectivity index (χ4v) is 2.66. The van der Waals surface area contributed by atoms with Crippen LogP contribution in [0.2, 0.25) is 0 Å². The van der Waals surface area contributed by atoms with Crippen LogP contribution in [0.25, 0.3) is 0 Å². The Bertz CT molecular complexity index is 499. The van der Waals surface area contributed by atoms with Crippen molar-refractivity contribution in [2.24, 2.45) is 16.3 Å². The molecule has 1 aliphatic rings. The van der Waals surface area contributed by atoms with Gasteiger partial charge in [0.05, 0.1) is 11.7 Å². The summed E-state index contributed by atoms with van der Waals surface area (Å²) in [4.78, 5) is 0. The molecule has 0 radical (unpaired) electrons. The lowest BCUT2D eigenvalue weighted by Crippen LogP contribution is -2.29. The van der Waals surface area contributed by atoms with Crippen LogP contribution in [-0.2, 0) is 0 Å². The molecule has 2 rings (SSSR count). The number of aryl methyl sites for hydroxylation is 1. The largest absolute Gasteiger partial charge is 0.490 e. The van der Waals surface area contributed by atoms with Gasteiger partial charge in [0.1, 0.15) is 5.75 Å². The molecule has 1 fully saturated rings. The Morgan fingerprint density at radius 3 is 2.60 bits per heavy atom. The highest BCUT2D eigenvalue weighted by molar-refractivity contribution is 5.99. The summed E-state index contributed by atoms with van der Waals surface area (Å²) in [7, 11) is 0. The van der Waals surface area contributed by atoms with Crippen molar-refractivity contribution in [3.05, 3.63) is 29.3 Å². The number of amidine groups is 1. The third-order valence-electron chi connectivity index (χ3n) is 4.10. The SMILES string of the molecule is Cc1ccc(/C(N)=N/O)c(OC2CCC(C)(C)CC2)c1. The molecule has 1 aromatic carbocycles. The van der Waals surface area contributed by atoms with E-state index in [2.05, 4.69) is 19.0 Å². The number of ether oxygens (including phenoxy) is 1. The molecule has 110 valence electrons. The zero-order valence-corrected chi connectivity index (χ0v) is 12.5. The third kappa shape index (κ3) is 3.44. The van der Waals surface area contributed by atoms with E-state index in [4.69, 9.17) is 15.7 Å². The number of nitrogens with zero attached hydrogens (tertiary/aromatic N) is 1. The van der Waals surface area contributed by atoms with Crippen LogP contribution in [0.4, 0.5) is 0 Å². The van der Waals surface area contributed by atoms with E-state index in [0.717, 1.165) is 18.4 Å². The van der Waals surface area contributed by atoms with Gasteiger partial charge in [0, 0.05) is 0 Å². The molecular weight excluding hydrogens is 252 g/mol. The molecule has 20 heavy (non-hydrogen) atoms. The summed E-state index contributed by atoms with van der Waals surface area (Å²) in [5.41, 5.74) is 7.89. The average Bonchev–Trinajstić information content (AvgIpc) is 2.40. The van der Waals surface area contributed by atoms with Gasteiger partial charge in [-0.05, 0) is 55.7 Å². The maximum atomic E-state index is 8.86. The van der Waals surface area contributed by atoms with Crippen molar-refractivity contribution in [2.45, 2.75) is 52.6 Å². The van der Waals surface area contributed by atoms with Gasteiger partial charge in [0.25, 0.3) is 0 Å². The minimum atomic E-state index is 0.0936. The van der Waals surface area contributed by atoms with Crippen molar-refractivity contribution in [3.63, 3.8) is 0 Å². The van der Waals surface area contributed by atoms with Gasteiger partial charge in [-0.3, -0.25) is 0 Å². The molecule has 3 N–H and O–H groups in total. The Morgan fingerprint density at radius 2 is 2.00 bits per heavy atom. The van der Waals surface area contributed by atoms with E-state index in [0.29, 0.717) is 16.7 Å². The zero-order valence-electron chi connectivity index (χ0n) is 12.5. The van der Waals surface area contributed by atoms with Gasteiger partial charge >= 0.3 is 0 Å². The molecule has 0 bridgehead atoms. The van der Waals surface area contributed by atoms with E-state index >= 15 is 0 Å². The molecule has 4 nitrogen and oxygen atoms in total. The van der Waals surface area contributed by atoms with Gasteiger partial charge in [0.15, 0.2) is 5.84 Å². The van der Waals surface area contributed by atoms with Crippen molar-refractivity contribution in [1.29, 1.82) is 0 Å². The second-order valence-corrected chi connectivity index (χ2v) is 6.47. The van der Waals surface area contributed by atoms with Gasteiger partial charge in [-0.2, -0.15) is 0 Å². The molecule has 4 heteroatoms. The molecule has 0 amide bonds. The lowest BCUT2D eigenvalue weighted by molar-refractivity contribution is 0.0985. The number of rotatable bonds is 3. The van der Waals surface area contributed by atoms with Crippen LogP contribution in [-0.4, -0.2) is 17.1 Å². The first-order chi connectivity index (χ1) is 9.41. The number of hydrogen-bond donors (Lipinski definition) is 2. The summed E-state index contributed by atoms with van der Waals surface area (Å²) in [5, 5.41) is 11.9. The molecule has 0 spiro atoms. The summed E-state index contributed by atoms with van der Waals surface area (Å²) in [6.07, 6.45) is 4.66. The number of nitrogens with two attached hydrogens (primary N) is 1. The van der Waals surface area contributed by atoms with Gasteiger partial charge < -0.3 is 15.7 Å². The summed E-state index contributed by atoms with van der Waals surface area (Å²) >= 11 is 0. The van der Waals surface area contributed by atoms with E-state index in [1.807, 2.05) is 25.1 Å². The van der Waals surface area contributed by atoms with E-state index in [1.165, 1.54) is 12.8 Å². The molecule has 0 atom stereocenters. The average molecular weight is 276 g/mol. The van der Waals surface area contributed by atoms with Crippen LogP contribution in [0.15, 0.2) is 23.4 Å². The minimum absolute atomic E-state index is 0.0936. The molecule has 0 heterocycles. The first-order valence-corrected chi connectivity index (χ1v) is 7.16. The van der Waals surface area contributed by atoms with Gasteiger partial charge in [-0.25, -0.2) is 0 Å². The number of benzene rings is 1. The first kappa shape index (κ1) is 14.7. The highest BCUT2D eigenvalue weighted by atomic mass is 16.5. The molecule has 1 saturated carbocycles. The van der Waals surface area contributed by atoms with Crippen molar-refractivity contribution in [1.82, 2.24) is 0 Å². The summed E-state index contributed by atoms with van der Waals surface area (Å²) in [5.74, 6) is 0.807. The highest BCUT2D eigenvalue weighted by Gasteiger charge is 2.28. The Kier molecular flexibility index (Phi) is 4.21. The fraction of sp³-hybridized carbons (Fsp3) is 0.562. The monoisotopic (exact) mass is 276 g/mol. The maximum Gasteiger partial charge on any atom is 0.173 e. The number of oxime groups is 1. The van der Waals surface area contributed by atoms with Crippen molar-refractivity contribution >= 4 is 5.84 Å². The molecule has 0 aliphatic heterocycles. The molecule has 1 aromatic rings. The highest BCUT2D eigenvalue weighted by Crippen LogP contribution is 2.37. The second kappa shape index (κ2) is 5.73.